The second-order valence-corrected chi connectivity index (χ2v) is 9.59. The molecule has 7 heteroatoms. The molecule has 0 unspecified atom stereocenters. The lowest BCUT2D eigenvalue weighted by atomic mass is 9.53. The lowest BCUT2D eigenvalue weighted by Crippen LogP contribution is -2.61. The van der Waals surface area contributed by atoms with Crippen molar-refractivity contribution in [1.29, 1.82) is 0 Å². The van der Waals surface area contributed by atoms with Gasteiger partial charge in [0.2, 0.25) is 5.91 Å². The van der Waals surface area contributed by atoms with E-state index in [1.54, 1.807) is 12.1 Å². The average Bonchev–Trinajstić information content (AvgIpc) is 2.63. The van der Waals surface area contributed by atoms with Crippen LogP contribution in [0.2, 0.25) is 5.02 Å². The van der Waals surface area contributed by atoms with E-state index in [4.69, 9.17) is 16.3 Å². The van der Waals surface area contributed by atoms with Gasteiger partial charge in [0.1, 0.15) is 5.75 Å². The molecule has 1 aromatic carbocycles. The van der Waals surface area contributed by atoms with E-state index in [1.807, 2.05) is 6.92 Å². The molecule has 0 spiro atoms. The fourth-order valence-corrected chi connectivity index (χ4v) is 6.13. The summed E-state index contributed by atoms with van der Waals surface area (Å²) in [6.45, 7) is 2.16. The number of anilines is 1. The van der Waals surface area contributed by atoms with Gasteiger partial charge in [0.25, 0.3) is 0 Å². The van der Waals surface area contributed by atoms with E-state index >= 15 is 0 Å². The summed E-state index contributed by atoms with van der Waals surface area (Å²) in [6, 6.07) is 3.32. The van der Waals surface area contributed by atoms with Crippen LogP contribution in [0.5, 0.6) is 5.75 Å². The number of carbonyl (C=O) groups excluding carboxylic acids is 2. The normalized spacial score (nSPS) is 29.4. The molecule has 29 heavy (non-hydrogen) atoms. The Kier molecular flexibility index (Phi) is 5.65. The molecule has 0 aromatic heterocycles. The van der Waals surface area contributed by atoms with Crippen molar-refractivity contribution in [3.8, 4) is 5.75 Å². The molecule has 4 aliphatic carbocycles. The predicted octanol–water partition coefficient (Wildman–Crippen LogP) is 4.25. The topological polar surface area (TPSA) is 79.5 Å². The zero-order chi connectivity index (χ0) is 20.6. The van der Waals surface area contributed by atoms with Crippen LogP contribution in [0.15, 0.2) is 12.1 Å². The first-order valence-electron chi connectivity index (χ1n) is 10.6. The summed E-state index contributed by atoms with van der Waals surface area (Å²) in [5.74, 6) is 2.68. The Bertz CT molecular complexity index is 775. The van der Waals surface area contributed by atoms with Gasteiger partial charge in [0.15, 0.2) is 0 Å². The molecule has 5 rings (SSSR count). The van der Waals surface area contributed by atoms with Gasteiger partial charge in [0, 0.05) is 29.6 Å². The molecule has 3 amide bonds. The van der Waals surface area contributed by atoms with E-state index < -0.39 is 0 Å². The molecule has 4 saturated carbocycles. The summed E-state index contributed by atoms with van der Waals surface area (Å²) in [4.78, 5) is 24.8. The van der Waals surface area contributed by atoms with Gasteiger partial charge in [-0.25, -0.2) is 4.79 Å². The number of amides is 3. The minimum atomic E-state index is -0.180. The maximum absolute atomic E-state index is 12.5. The highest BCUT2D eigenvalue weighted by Crippen LogP contribution is 2.55. The predicted molar refractivity (Wildman–Crippen MR) is 113 cm³/mol. The van der Waals surface area contributed by atoms with Gasteiger partial charge in [-0.1, -0.05) is 11.6 Å². The molecular weight excluding hydrogens is 390 g/mol. The van der Waals surface area contributed by atoms with Gasteiger partial charge in [0.05, 0.1) is 12.8 Å². The molecule has 4 aliphatic rings. The maximum Gasteiger partial charge on any atom is 0.315 e. The standard InChI is InChI=1S/C22H30ClN3O3/c1-13-5-18(19(29-2)9-17(13)23)25-20(27)3-4-24-21(28)26-22-10-14-6-15(11-22)8-16(7-14)12-22/h5,9,14-16H,3-4,6-8,10-12H2,1-2H3,(H,25,27)(H2,24,26,28). The Morgan fingerprint density at radius 1 is 1.14 bits per heavy atom. The Morgan fingerprint density at radius 2 is 1.76 bits per heavy atom. The number of ether oxygens (including phenoxy) is 1. The lowest BCUT2D eigenvalue weighted by molar-refractivity contribution is -0.116. The van der Waals surface area contributed by atoms with E-state index in [9.17, 15) is 9.59 Å². The molecule has 6 nitrogen and oxygen atoms in total. The Balaban J connectivity index is 1.25. The smallest absolute Gasteiger partial charge is 0.315 e. The highest BCUT2D eigenvalue weighted by molar-refractivity contribution is 6.31. The molecule has 0 heterocycles. The molecule has 4 fully saturated rings. The lowest BCUT2D eigenvalue weighted by Gasteiger charge is -2.56. The molecule has 4 bridgehead atoms. The number of carbonyl (C=O) groups is 2. The van der Waals surface area contributed by atoms with Crippen LogP contribution in [0.4, 0.5) is 10.5 Å². The largest absolute Gasteiger partial charge is 0.495 e. The number of hydrogen-bond donors (Lipinski definition) is 3. The molecule has 3 N–H and O–H groups in total. The minimum Gasteiger partial charge on any atom is -0.495 e. The van der Waals surface area contributed by atoms with Gasteiger partial charge in [-0.2, -0.15) is 0 Å². The number of urea groups is 1. The fraction of sp³-hybridized carbons (Fsp3) is 0.636. The van der Waals surface area contributed by atoms with Crippen LogP contribution in [0.25, 0.3) is 0 Å². The second kappa shape index (κ2) is 8.05. The van der Waals surface area contributed by atoms with Crippen molar-refractivity contribution in [3.05, 3.63) is 22.7 Å². The van der Waals surface area contributed by atoms with Crippen LogP contribution in [-0.4, -0.2) is 31.1 Å². The maximum atomic E-state index is 12.5. The minimum absolute atomic E-state index is 0.0186. The van der Waals surface area contributed by atoms with E-state index in [0.29, 0.717) is 23.0 Å². The molecule has 0 atom stereocenters. The summed E-state index contributed by atoms with van der Waals surface area (Å²) in [7, 11) is 1.53. The fourth-order valence-electron chi connectivity index (χ4n) is 5.98. The number of rotatable bonds is 6. The molecule has 158 valence electrons. The van der Waals surface area contributed by atoms with Crippen LogP contribution in [-0.2, 0) is 4.79 Å². The molecular formula is C22H30ClN3O3. The summed E-state index contributed by atoms with van der Waals surface area (Å²) < 4.78 is 5.28. The first-order chi connectivity index (χ1) is 13.9. The summed E-state index contributed by atoms with van der Waals surface area (Å²) in [5.41, 5.74) is 1.42. The summed E-state index contributed by atoms with van der Waals surface area (Å²) in [5, 5.41) is 9.55. The first-order valence-corrected chi connectivity index (χ1v) is 10.9. The van der Waals surface area contributed by atoms with Crippen molar-refractivity contribution in [2.45, 2.75) is 57.4 Å². The number of aryl methyl sites for hydroxylation is 1. The van der Waals surface area contributed by atoms with Crippen molar-refractivity contribution in [3.63, 3.8) is 0 Å². The van der Waals surface area contributed by atoms with Gasteiger partial charge >= 0.3 is 6.03 Å². The van der Waals surface area contributed by atoms with Crippen LogP contribution in [0.1, 0.15) is 50.5 Å². The van der Waals surface area contributed by atoms with Crippen LogP contribution >= 0.6 is 11.6 Å². The quantitative estimate of drug-likeness (QED) is 0.644. The summed E-state index contributed by atoms with van der Waals surface area (Å²) in [6.07, 6.45) is 7.57. The molecule has 0 saturated heterocycles. The Labute approximate surface area is 177 Å². The number of nitrogens with one attached hydrogen (secondary N) is 3. The number of halogens is 1. The Morgan fingerprint density at radius 3 is 2.34 bits per heavy atom. The van der Waals surface area contributed by atoms with Gasteiger partial charge in [-0.15, -0.1) is 0 Å². The number of benzene rings is 1. The molecule has 1 aromatic rings. The zero-order valence-electron chi connectivity index (χ0n) is 17.1. The highest BCUT2D eigenvalue weighted by Gasteiger charge is 2.51. The van der Waals surface area contributed by atoms with E-state index in [-0.39, 0.29) is 23.9 Å². The summed E-state index contributed by atoms with van der Waals surface area (Å²) >= 11 is 6.10. The second-order valence-electron chi connectivity index (χ2n) is 9.18. The monoisotopic (exact) mass is 419 g/mol. The van der Waals surface area contributed by atoms with Crippen molar-refractivity contribution < 1.29 is 14.3 Å². The third kappa shape index (κ3) is 4.47. The van der Waals surface area contributed by atoms with E-state index in [2.05, 4.69) is 16.0 Å². The zero-order valence-corrected chi connectivity index (χ0v) is 17.9. The van der Waals surface area contributed by atoms with Crippen LogP contribution < -0.4 is 20.7 Å². The van der Waals surface area contributed by atoms with Crippen molar-refractivity contribution in [1.82, 2.24) is 10.6 Å². The van der Waals surface area contributed by atoms with Crippen molar-refractivity contribution in [2.75, 3.05) is 19.0 Å². The third-order valence-corrected chi connectivity index (χ3v) is 7.22. The van der Waals surface area contributed by atoms with Crippen LogP contribution in [0, 0.1) is 24.7 Å². The SMILES string of the molecule is COc1cc(Cl)c(C)cc1NC(=O)CCNC(=O)NC12CC3CC(CC(C3)C1)C2. The van der Waals surface area contributed by atoms with Gasteiger partial charge < -0.3 is 20.7 Å². The highest BCUT2D eigenvalue weighted by atomic mass is 35.5. The number of hydrogen-bond acceptors (Lipinski definition) is 3. The Hall–Kier alpha value is -1.95. The van der Waals surface area contributed by atoms with Crippen molar-refractivity contribution in [2.24, 2.45) is 17.8 Å². The molecule has 0 radical (unpaired) electrons. The molecule has 0 aliphatic heterocycles. The van der Waals surface area contributed by atoms with Crippen LogP contribution in [0.3, 0.4) is 0 Å². The van der Waals surface area contributed by atoms with E-state index in [1.165, 1.54) is 26.4 Å². The first kappa shape index (κ1) is 20.3. The van der Waals surface area contributed by atoms with Gasteiger partial charge in [-0.05, 0) is 74.8 Å². The van der Waals surface area contributed by atoms with Crippen molar-refractivity contribution >= 4 is 29.2 Å². The van der Waals surface area contributed by atoms with Gasteiger partial charge in [-0.3, -0.25) is 4.79 Å². The van der Waals surface area contributed by atoms with E-state index in [0.717, 1.165) is 42.6 Å². The average molecular weight is 420 g/mol. The number of methoxy groups -OCH3 is 1. The third-order valence-electron chi connectivity index (χ3n) is 6.81.